The Morgan fingerprint density at radius 2 is 2.33 bits per heavy atom. The number of carboxylic acids is 1. The maximum Gasteiger partial charge on any atom is 0.342 e. The van der Waals surface area contributed by atoms with E-state index in [1.165, 1.54) is 6.26 Å². The second kappa shape index (κ2) is 3.49. The molecule has 0 saturated heterocycles. The molecular formula is C8H8O3S. The average Bonchev–Trinajstić information content (AvgIpc) is 2.53. The lowest BCUT2D eigenvalue weighted by Gasteiger charge is -1.97. The molecule has 0 aromatic carbocycles. The molecule has 64 valence electrons. The molecule has 1 rings (SSSR count). The lowest BCUT2D eigenvalue weighted by molar-refractivity contribution is -0.131. The van der Waals surface area contributed by atoms with E-state index in [9.17, 15) is 4.79 Å². The second-order valence-electron chi connectivity index (χ2n) is 2.26. The highest BCUT2D eigenvalue weighted by atomic mass is 32.1. The summed E-state index contributed by atoms with van der Waals surface area (Å²) < 4.78 is 5.00. The summed E-state index contributed by atoms with van der Waals surface area (Å²) in [6.07, 6.45) is 1.49. The number of carboxylic acid groups (broad SMARTS) is 1. The van der Waals surface area contributed by atoms with Crippen molar-refractivity contribution < 1.29 is 14.3 Å². The zero-order valence-electron chi connectivity index (χ0n) is 6.44. The highest BCUT2D eigenvalue weighted by Gasteiger charge is 2.09. The molecule has 0 atom stereocenters. The van der Waals surface area contributed by atoms with Crippen LogP contribution < -0.4 is 0 Å². The Hall–Kier alpha value is -1.16. The van der Waals surface area contributed by atoms with Crippen LogP contribution in [0.4, 0.5) is 0 Å². The van der Waals surface area contributed by atoms with Crippen LogP contribution in [0.1, 0.15) is 12.7 Å². The summed E-state index contributed by atoms with van der Waals surface area (Å²) in [6, 6.07) is 3.39. The van der Waals surface area contributed by atoms with Crippen LogP contribution in [0.3, 0.4) is 0 Å². The van der Waals surface area contributed by atoms with Crippen molar-refractivity contribution in [1.29, 1.82) is 0 Å². The predicted octanol–water partition coefficient (Wildman–Crippen LogP) is 2.02. The molecule has 0 bridgehead atoms. The summed E-state index contributed by atoms with van der Waals surface area (Å²) >= 11 is 3.83. The highest BCUT2D eigenvalue weighted by Crippen LogP contribution is 2.20. The normalized spacial score (nSPS) is 12.5. The molecule has 0 radical (unpaired) electrons. The summed E-state index contributed by atoms with van der Waals surface area (Å²) in [5.74, 6) is -0.519. The molecule has 0 unspecified atom stereocenters. The van der Waals surface area contributed by atoms with Crippen molar-refractivity contribution in [2.24, 2.45) is 0 Å². The van der Waals surface area contributed by atoms with E-state index < -0.39 is 5.97 Å². The minimum Gasteiger partial charge on any atom is -0.477 e. The van der Waals surface area contributed by atoms with Crippen LogP contribution in [0.25, 0.3) is 5.57 Å². The predicted molar refractivity (Wildman–Crippen MR) is 47.9 cm³/mol. The SMILES string of the molecule is CC(=C(S)C(=O)O)c1ccco1. The van der Waals surface area contributed by atoms with Crippen molar-refractivity contribution in [2.45, 2.75) is 6.92 Å². The standard InChI is InChI=1S/C8H8O3S/c1-5(7(12)8(9)10)6-3-2-4-11-6/h2-4,12H,1H3,(H,9,10). The average molecular weight is 184 g/mol. The van der Waals surface area contributed by atoms with Crippen LogP contribution in [-0.2, 0) is 4.79 Å². The zero-order valence-corrected chi connectivity index (χ0v) is 7.34. The van der Waals surface area contributed by atoms with E-state index in [2.05, 4.69) is 12.6 Å². The number of hydrogen-bond donors (Lipinski definition) is 2. The van der Waals surface area contributed by atoms with Crippen LogP contribution in [0.5, 0.6) is 0 Å². The quantitative estimate of drug-likeness (QED) is 0.546. The third-order valence-corrected chi connectivity index (χ3v) is 1.98. The fraction of sp³-hybridized carbons (Fsp3) is 0.125. The molecule has 3 nitrogen and oxygen atoms in total. The fourth-order valence-electron chi connectivity index (χ4n) is 0.769. The lowest BCUT2D eigenvalue weighted by Crippen LogP contribution is -1.96. The van der Waals surface area contributed by atoms with Gasteiger partial charge in [0, 0.05) is 5.57 Å². The topological polar surface area (TPSA) is 50.4 Å². The monoisotopic (exact) mass is 184 g/mol. The Morgan fingerprint density at radius 3 is 2.75 bits per heavy atom. The molecule has 0 saturated carbocycles. The van der Waals surface area contributed by atoms with Crippen molar-refractivity contribution in [1.82, 2.24) is 0 Å². The van der Waals surface area contributed by atoms with Gasteiger partial charge >= 0.3 is 5.97 Å². The maximum atomic E-state index is 10.5. The Morgan fingerprint density at radius 1 is 1.67 bits per heavy atom. The van der Waals surface area contributed by atoms with Gasteiger partial charge in [0.25, 0.3) is 0 Å². The molecule has 1 aromatic heterocycles. The first-order valence-electron chi connectivity index (χ1n) is 3.30. The van der Waals surface area contributed by atoms with Gasteiger partial charge in [0.15, 0.2) is 0 Å². The summed E-state index contributed by atoms with van der Waals surface area (Å²) in [5.41, 5.74) is 0.524. The van der Waals surface area contributed by atoms with E-state index in [0.717, 1.165) is 0 Å². The van der Waals surface area contributed by atoms with Crippen LogP contribution in [0, 0.1) is 0 Å². The second-order valence-corrected chi connectivity index (χ2v) is 2.70. The van der Waals surface area contributed by atoms with Gasteiger partial charge in [-0.25, -0.2) is 4.79 Å². The Kier molecular flexibility index (Phi) is 2.60. The first kappa shape index (κ1) is 8.93. The molecular weight excluding hydrogens is 176 g/mol. The van der Waals surface area contributed by atoms with E-state index in [0.29, 0.717) is 11.3 Å². The number of hydrogen-bond acceptors (Lipinski definition) is 3. The van der Waals surface area contributed by atoms with Crippen molar-refractivity contribution in [3.8, 4) is 0 Å². The Balaban J connectivity index is 3.05. The molecule has 0 fully saturated rings. The van der Waals surface area contributed by atoms with Gasteiger partial charge in [-0.3, -0.25) is 0 Å². The number of thiol groups is 1. The van der Waals surface area contributed by atoms with Gasteiger partial charge in [0.2, 0.25) is 0 Å². The molecule has 1 N–H and O–H groups in total. The summed E-state index contributed by atoms with van der Waals surface area (Å²) in [5, 5.41) is 8.58. The summed E-state index contributed by atoms with van der Waals surface area (Å²) in [6.45, 7) is 1.65. The number of carbonyl (C=O) groups is 1. The van der Waals surface area contributed by atoms with Crippen LogP contribution in [0.15, 0.2) is 27.7 Å². The molecule has 0 spiro atoms. The molecule has 0 aliphatic heterocycles. The largest absolute Gasteiger partial charge is 0.477 e. The van der Waals surface area contributed by atoms with Crippen molar-refractivity contribution in [2.75, 3.05) is 0 Å². The Bertz CT molecular complexity index is 311. The molecule has 1 aromatic rings. The van der Waals surface area contributed by atoms with Crippen molar-refractivity contribution in [3.05, 3.63) is 29.1 Å². The van der Waals surface area contributed by atoms with Gasteiger partial charge in [-0.2, -0.15) is 0 Å². The van der Waals surface area contributed by atoms with Crippen LogP contribution >= 0.6 is 12.6 Å². The number of aliphatic carboxylic acids is 1. The minimum atomic E-state index is -1.05. The highest BCUT2D eigenvalue weighted by molar-refractivity contribution is 7.85. The number of rotatable bonds is 2. The van der Waals surface area contributed by atoms with Gasteiger partial charge < -0.3 is 9.52 Å². The number of allylic oxidation sites excluding steroid dienone is 1. The maximum absolute atomic E-state index is 10.5. The molecule has 0 aliphatic rings. The van der Waals surface area contributed by atoms with Gasteiger partial charge in [0.1, 0.15) is 5.76 Å². The first-order valence-corrected chi connectivity index (χ1v) is 3.74. The van der Waals surface area contributed by atoms with Crippen molar-refractivity contribution >= 4 is 24.2 Å². The summed E-state index contributed by atoms with van der Waals surface area (Å²) in [7, 11) is 0. The molecule has 0 amide bonds. The van der Waals surface area contributed by atoms with Crippen LogP contribution in [0.2, 0.25) is 0 Å². The van der Waals surface area contributed by atoms with E-state index >= 15 is 0 Å². The van der Waals surface area contributed by atoms with Gasteiger partial charge in [-0.15, -0.1) is 12.6 Å². The van der Waals surface area contributed by atoms with E-state index in [-0.39, 0.29) is 4.91 Å². The van der Waals surface area contributed by atoms with E-state index in [4.69, 9.17) is 9.52 Å². The van der Waals surface area contributed by atoms with Gasteiger partial charge in [-0.05, 0) is 19.1 Å². The molecule has 4 heteroatoms. The third kappa shape index (κ3) is 1.71. The minimum absolute atomic E-state index is 0.00458. The molecule has 1 heterocycles. The number of furan rings is 1. The smallest absolute Gasteiger partial charge is 0.342 e. The van der Waals surface area contributed by atoms with Gasteiger partial charge in [0.05, 0.1) is 11.2 Å². The summed E-state index contributed by atoms with van der Waals surface area (Å²) in [4.78, 5) is 10.5. The van der Waals surface area contributed by atoms with E-state index in [1.54, 1.807) is 19.1 Å². The van der Waals surface area contributed by atoms with Gasteiger partial charge in [-0.1, -0.05) is 0 Å². The molecule has 12 heavy (non-hydrogen) atoms. The lowest BCUT2D eigenvalue weighted by atomic mass is 10.2. The van der Waals surface area contributed by atoms with E-state index in [1.807, 2.05) is 0 Å². The van der Waals surface area contributed by atoms with Crippen molar-refractivity contribution in [3.63, 3.8) is 0 Å². The first-order chi connectivity index (χ1) is 5.63. The molecule has 0 aliphatic carbocycles. The zero-order chi connectivity index (χ0) is 9.14. The van der Waals surface area contributed by atoms with Crippen LogP contribution in [-0.4, -0.2) is 11.1 Å². The third-order valence-electron chi connectivity index (χ3n) is 1.45. The Labute approximate surface area is 75.1 Å². The fourth-order valence-corrected chi connectivity index (χ4v) is 0.879.